The van der Waals surface area contributed by atoms with Crippen LogP contribution in [-0.2, 0) is 13.2 Å². The standard InChI is InChI=1S/C18H19N5O3/c1-23(10-16-19-17(26-22-16)12-7-8-12)18(24)15-9-13(20-21-15)11-25-14-5-3-2-4-6-14/h2-6,9,12H,7-8,10-11H2,1H3,(H,20,21). The van der Waals surface area contributed by atoms with Gasteiger partial charge in [-0.15, -0.1) is 0 Å². The molecule has 1 fully saturated rings. The molecule has 1 N–H and O–H groups in total. The van der Waals surface area contributed by atoms with E-state index in [2.05, 4.69) is 20.3 Å². The smallest absolute Gasteiger partial charge is 0.274 e. The van der Waals surface area contributed by atoms with Crippen LogP contribution < -0.4 is 4.74 Å². The number of hydrogen-bond donors (Lipinski definition) is 1. The van der Waals surface area contributed by atoms with Crippen molar-refractivity contribution in [2.24, 2.45) is 0 Å². The Bertz CT molecular complexity index is 885. The number of rotatable bonds is 7. The Morgan fingerprint density at radius 2 is 2.15 bits per heavy atom. The lowest BCUT2D eigenvalue weighted by atomic mass is 10.3. The van der Waals surface area contributed by atoms with Crippen LogP contribution in [0.15, 0.2) is 40.9 Å². The summed E-state index contributed by atoms with van der Waals surface area (Å²) in [6, 6.07) is 11.2. The van der Waals surface area contributed by atoms with Gasteiger partial charge >= 0.3 is 0 Å². The molecule has 0 spiro atoms. The molecule has 134 valence electrons. The molecule has 0 atom stereocenters. The first kappa shape index (κ1) is 16.3. The van der Waals surface area contributed by atoms with Crippen molar-refractivity contribution in [2.75, 3.05) is 7.05 Å². The van der Waals surface area contributed by atoms with E-state index in [0.29, 0.717) is 29.9 Å². The first-order chi connectivity index (χ1) is 12.7. The first-order valence-electron chi connectivity index (χ1n) is 8.49. The van der Waals surface area contributed by atoms with Crippen molar-refractivity contribution in [1.29, 1.82) is 0 Å². The number of ether oxygens (including phenoxy) is 1. The Hall–Kier alpha value is -3.16. The molecule has 26 heavy (non-hydrogen) atoms. The van der Waals surface area contributed by atoms with Crippen molar-refractivity contribution < 1.29 is 14.1 Å². The second-order valence-corrected chi connectivity index (χ2v) is 6.36. The van der Waals surface area contributed by atoms with Gasteiger partial charge in [0.1, 0.15) is 12.4 Å². The Labute approximate surface area is 150 Å². The van der Waals surface area contributed by atoms with E-state index >= 15 is 0 Å². The maximum atomic E-state index is 12.5. The number of nitrogens with one attached hydrogen (secondary N) is 1. The molecule has 2 heterocycles. The summed E-state index contributed by atoms with van der Waals surface area (Å²) in [7, 11) is 1.68. The van der Waals surface area contributed by atoms with Crippen molar-refractivity contribution in [3.63, 3.8) is 0 Å². The topological polar surface area (TPSA) is 97.1 Å². The Morgan fingerprint density at radius 3 is 2.92 bits per heavy atom. The summed E-state index contributed by atoms with van der Waals surface area (Å²) in [4.78, 5) is 18.4. The van der Waals surface area contributed by atoms with Gasteiger partial charge in [0.2, 0.25) is 5.89 Å². The Morgan fingerprint density at radius 1 is 1.35 bits per heavy atom. The average Bonchev–Trinajstić information content (AvgIpc) is 3.23. The van der Waals surface area contributed by atoms with Gasteiger partial charge in [-0.1, -0.05) is 23.4 Å². The zero-order valence-corrected chi connectivity index (χ0v) is 14.4. The molecule has 0 unspecified atom stereocenters. The summed E-state index contributed by atoms with van der Waals surface area (Å²) in [5.41, 5.74) is 1.05. The van der Waals surface area contributed by atoms with E-state index in [4.69, 9.17) is 9.26 Å². The highest BCUT2D eigenvalue weighted by Gasteiger charge is 2.30. The van der Waals surface area contributed by atoms with E-state index in [1.54, 1.807) is 13.1 Å². The van der Waals surface area contributed by atoms with Crippen LogP contribution in [0.5, 0.6) is 5.75 Å². The highest BCUT2D eigenvalue weighted by atomic mass is 16.5. The number of aromatic nitrogens is 4. The van der Waals surface area contributed by atoms with Crippen LogP contribution in [0.2, 0.25) is 0 Å². The quantitative estimate of drug-likeness (QED) is 0.701. The van der Waals surface area contributed by atoms with Gasteiger partial charge < -0.3 is 14.2 Å². The molecular weight excluding hydrogens is 334 g/mol. The van der Waals surface area contributed by atoms with Crippen LogP contribution >= 0.6 is 0 Å². The van der Waals surface area contributed by atoms with E-state index in [9.17, 15) is 4.79 Å². The summed E-state index contributed by atoms with van der Waals surface area (Å²) >= 11 is 0. The zero-order chi connectivity index (χ0) is 17.9. The molecule has 3 aromatic rings. The van der Waals surface area contributed by atoms with Crippen LogP contribution in [0.4, 0.5) is 0 Å². The highest BCUT2D eigenvalue weighted by Crippen LogP contribution is 2.38. The summed E-state index contributed by atoms with van der Waals surface area (Å²) in [5, 5.41) is 10.8. The minimum Gasteiger partial charge on any atom is -0.487 e. The number of hydrogen-bond acceptors (Lipinski definition) is 6. The second kappa shape index (κ2) is 6.99. The molecule has 2 aromatic heterocycles. The number of H-pyrrole nitrogens is 1. The Balaban J connectivity index is 1.34. The fraction of sp³-hybridized carbons (Fsp3) is 0.333. The van der Waals surface area contributed by atoms with E-state index in [0.717, 1.165) is 24.3 Å². The molecule has 0 bridgehead atoms. The number of aromatic amines is 1. The molecule has 0 saturated heterocycles. The Kier molecular flexibility index (Phi) is 4.39. The summed E-state index contributed by atoms with van der Waals surface area (Å²) in [6.45, 7) is 0.585. The fourth-order valence-electron chi connectivity index (χ4n) is 2.53. The monoisotopic (exact) mass is 353 g/mol. The number of amides is 1. The highest BCUT2D eigenvalue weighted by molar-refractivity contribution is 5.92. The molecule has 0 aliphatic heterocycles. The minimum absolute atomic E-state index is 0.218. The molecule has 4 rings (SSSR count). The maximum absolute atomic E-state index is 12.5. The van der Waals surface area contributed by atoms with Gasteiger partial charge in [-0.25, -0.2) is 0 Å². The average molecular weight is 353 g/mol. The molecular formula is C18H19N5O3. The van der Waals surface area contributed by atoms with Crippen molar-refractivity contribution in [1.82, 2.24) is 25.2 Å². The molecule has 8 nitrogen and oxygen atoms in total. The third kappa shape index (κ3) is 3.74. The number of nitrogens with zero attached hydrogens (tertiary/aromatic N) is 4. The van der Waals surface area contributed by atoms with Crippen molar-refractivity contribution in [3.05, 3.63) is 59.5 Å². The van der Waals surface area contributed by atoms with Gasteiger partial charge in [0, 0.05) is 13.0 Å². The molecule has 8 heteroatoms. The number of para-hydroxylation sites is 1. The van der Waals surface area contributed by atoms with Crippen LogP contribution in [0, 0.1) is 0 Å². The maximum Gasteiger partial charge on any atom is 0.274 e. The van der Waals surface area contributed by atoms with E-state index in [1.807, 2.05) is 30.3 Å². The number of carbonyl (C=O) groups excluding carboxylic acids is 1. The molecule has 1 amide bonds. The third-order valence-corrected chi connectivity index (χ3v) is 4.12. The normalized spacial score (nSPS) is 13.6. The van der Waals surface area contributed by atoms with Crippen molar-refractivity contribution in [2.45, 2.75) is 31.9 Å². The molecule has 1 aliphatic rings. The van der Waals surface area contributed by atoms with Crippen molar-refractivity contribution >= 4 is 5.91 Å². The summed E-state index contributed by atoms with van der Waals surface area (Å²) in [6.07, 6.45) is 2.19. The lowest BCUT2D eigenvalue weighted by Gasteiger charge is -2.12. The van der Waals surface area contributed by atoms with Crippen molar-refractivity contribution in [3.8, 4) is 5.75 Å². The minimum atomic E-state index is -0.218. The van der Waals surface area contributed by atoms with E-state index in [-0.39, 0.29) is 12.5 Å². The first-order valence-corrected chi connectivity index (χ1v) is 8.49. The number of carbonyl (C=O) groups is 1. The van der Waals surface area contributed by atoms with E-state index in [1.165, 1.54) is 4.90 Å². The van der Waals surface area contributed by atoms with Crippen LogP contribution in [-0.4, -0.2) is 38.2 Å². The second-order valence-electron chi connectivity index (χ2n) is 6.36. The molecule has 1 aromatic carbocycles. The van der Waals surface area contributed by atoms with Gasteiger partial charge in [-0.3, -0.25) is 9.89 Å². The van der Waals surface area contributed by atoms with Crippen LogP contribution in [0.1, 0.15) is 46.7 Å². The predicted molar refractivity (Wildman–Crippen MR) is 91.4 cm³/mol. The van der Waals surface area contributed by atoms with Gasteiger partial charge in [0.15, 0.2) is 11.5 Å². The van der Waals surface area contributed by atoms with Crippen LogP contribution in [0.3, 0.4) is 0 Å². The zero-order valence-electron chi connectivity index (χ0n) is 14.4. The summed E-state index contributed by atoms with van der Waals surface area (Å²) < 4.78 is 10.9. The molecule has 0 radical (unpaired) electrons. The number of benzene rings is 1. The van der Waals surface area contributed by atoms with Crippen LogP contribution in [0.25, 0.3) is 0 Å². The lowest BCUT2D eigenvalue weighted by molar-refractivity contribution is 0.0774. The molecule has 1 aliphatic carbocycles. The molecule has 1 saturated carbocycles. The van der Waals surface area contributed by atoms with E-state index < -0.39 is 0 Å². The fourth-order valence-corrected chi connectivity index (χ4v) is 2.53. The SMILES string of the molecule is CN(Cc1noc(C2CC2)n1)C(=O)c1cc(COc2ccccc2)[nH]n1. The van der Waals surface area contributed by atoms with Gasteiger partial charge in [0.05, 0.1) is 12.2 Å². The lowest BCUT2D eigenvalue weighted by Crippen LogP contribution is -2.27. The third-order valence-electron chi connectivity index (χ3n) is 4.12. The largest absolute Gasteiger partial charge is 0.487 e. The predicted octanol–water partition coefficient (Wildman–Crippen LogP) is 2.52. The summed E-state index contributed by atoms with van der Waals surface area (Å²) in [5.74, 6) is 2.11. The van der Waals surface area contributed by atoms with Gasteiger partial charge in [-0.2, -0.15) is 10.1 Å². The van der Waals surface area contributed by atoms with Gasteiger partial charge in [-0.05, 0) is 31.0 Å². The van der Waals surface area contributed by atoms with Gasteiger partial charge in [0.25, 0.3) is 5.91 Å².